The second-order valence-electron chi connectivity index (χ2n) is 9.53. The maximum absolute atomic E-state index is 15.1. The highest BCUT2D eigenvalue weighted by Crippen LogP contribution is 2.75. The summed E-state index contributed by atoms with van der Waals surface area (Å²) in [5.41, 5.74) is 5.15. The number of ether oxygens (including phenoxy) is 2. The topological polar surface area (TPSA) is 35.5 Å². The van der Waals surface area contributed by atoms with E-state index in [9.17, 15) is 0 Å². The van der Waals surface area contributed by atoms with Crippen LogP contribution in [0, 0.1) is 5.41 Å². The SMILES string of the molecule is COC12c3ccccc3C3=C(C)OC(c4ccccc4)=C(c4ccccc41)C32C(=O)c1ccccc1. The van der Waals surface area contributed by atoms with Gasteiger partial charge in [-0.3, -0.25) is 4.79 Å². The first-order valence-electron chi connectivity index (χ1n) is 12.2. The molecule has 174 valence electrons. The Labute approximate surface area is 210 Å². The Bertz CT molecular complexity index is 1610. The second kappa shape index (κ2) is 7.39. The number of benzene rings is 4. The van der Waals surface area contributed by atoms with Crippen LogP contribution >= 0.6 is 0 Å². The molecule has 1 aliphatic heterocycles. The van der Waals surface area contributed by atoms with E-state index >= 15 is 4.79 Å². The van der Waals surface area contributed by atoms with E-state index in [0.29, 0.717) is 11.3 Å². The minimum atomic E-state index is -1.13. The highest BCUT2D eigenvalue weighted by atomic mass is 16.5. The van der Waals surface area contributed by atoms with Crippen molar-refractivity contribution < 1.29 is 14.3 Å². The van der Waals surface area contributed by atoms with Gasteiger partial charge in [0.15, 0.2) is 5.78 Å². The largest absolute Gasteiger partial charge is 0.461 e. The third-order valence-corrected chi connectivity index (χ3v) is 7.98. The molecule has 0 saturated carbocycles. The highest BCUT2D eigenvalue weighted by molar-refractivity contribution is 6.26. The average molecular weight is 469 g/mol. The number of carbonyl (C=O) groups is 1. The minimum absolute atomic E-state index is 0.0124. The fourth-order valence-corrected chi connectivity index (χ4v) is 6.81. The molecule has 2 unspecified atom stereocenters. The zero-order valence-corrected chi connectivity index (χ0v) is 20.1. The lowest BCUT2D eigenvalue weighted by Gasteiger charge is -2.43. The lowest BCUT2D eigenvalue weighted by Crippen LogP contribution is -2.48. The van der Waals surface area contributed by atoms with Gasteiger partial charge in [0, 0.05) is 29.4 Å². The van der Waals surface area contributed by atoms with Crippen molar-refractivity contribution >= 4 is 22.7 Å². The maximum Gasteiger partial charge on any atom is 0.181 e. The van der Waals surface area contributed by atoms with Crippen LogP contribution in [0.2, 0.25) is 0 Å². The van der Waals surface area contributed by atoms with Gasteiger partial charge in [0.1, 0.15) is 22.5 Å². The van der Waals surface area contributed by atoms with E-state index in [4.69, 9.17) is 9.47 Å². The van der Waals surface area contributed by atoms with Crippen LogP contribution in [0.1, 0.15) is 45.1 Å². The monoisotopic (exact) mass is 468 g/mol. The molecule has 0 aromatic heterocycles. The van der Waals surface area contributed by atoms with Crippen LogP contribution in [0.15, 0.2) is 115 Å². The summed E-state index contributed by atoms with van der Waals surface area (Å²) in [6, 6.07) is 36.1. The summed E-state index contributed by atoms with van der Waals surface area (Å²) in [6.07, 6.45) is 0. The predicted molar refractivity (Wildman–Crippen MR) is 141 cm³/mol. The highest BCUT2D eigenvalue weighted by Gasteiger charge is 2.74. The zero-order valence-electron chi connectivity index (χ0n) is 20.1. The van der Waals surface area contributed by atoms with E-state index in [-0.39, 0.29) is 5.78 Å². The van der Waals surface area contributed by atoms with Gasteiger partial charge in [-0.1, -0.05) is 109 Å². The smallest absolute Gasteiger partial charge is 0.181 e. The Morgan fingerprint density at radius 2 is 1.22 bits per heavy atom. The van der Waals surface area contributed by atoms with Crippen molar-refractivity contribution in [2.75, 3.05) is 7.11 Å². The van der Waals surface area contributed by atoms with E-state index < -0.39 is 11.0 Å². The average Bonchev–Trinajstić information content (AvgIpc) is 3.37. The molecular formula is C33H24O3. The number of carbonyl (C=O) groups excluding carboxylic acids is 1. The van der Waals surface area contributed by atoms with Crippen LogP contribution < -0.4 is 0 Å². The fraction of sp³-hybridized carbons (Fsp3) is 0.121. The van der Waals surface area contributed by atoms with E-state index in [0.717, 1.165) is 44.7 Å². The Balaban J connectivity index is 1.72. The van der Waals surface area contributed by atoms with Gasteiger partial charge >= 0.3 is 0 Å². The van der Waals surface area contributed by atoms with Crippen molar-refractivity contribution in [2.45, 2.75) is 12.5 Å². The molecule has 0 fully saturated rings. The molecule has 0 N–H and O–H groups in total. The van der Waals surface area contributed by atoms with E-state index in [1.54, 1.807) is 7.11 Å². The third-order valence-electron chi connectivity index (χ3n) is 7.98. The Morgan fingerprint density at radius 1 is 0.694 bits per heavy atom. The maximum atomic E-state index is 15.1. The number of ketones is 1. The van der Waals surface area contributed by atoms with Crippen molar-refractivity contribution in [1.29, 1.82) is 0 Å². The number of hydrogen-bond acceptors (Lipinski definition) is 3. The van der Waals surface area contributed by atoms with Gasteiger partial charge in [0.25, 0.3) is 0 Å². The molecule has 7 rings (SSSR count). The predicted octanol–water partition coefficient (Wildman–Crippen LogP) is 7.10. The number of Topliss-reactive ketones (excluding diaryl/α,β-unsaturated/α-hetero) is 1. The van der Waals surface area contributed by atoms with Crippen molar-refractivity contribution in [3.63, 3.8) is 0 Å². The molecule has 2 atom stereocenters. The molecule has 0 spiro atoms. The van der Waals surface area contributed by atoms with Crippen molar-refractivity contribution in [2.24, 2.45) is 5.41 Å². The summed E-state index contributed by atoms with van der Waals surface area (Å²) >= 11 is 0. The molecule has 0 radical (unpaired) electrons. The van der Waals surface area contributed by atoms with E-state index in [1.807, 2.05) is 91.9 Å². The van der Waals surface area contributed by atoms with Crippen LogP contribution in [-0.2, 0) is 15.1 Å². The van der Waals surface area contributed by atoms with Crippen LogP contribution in [0.4, 0.5) is 0 Å². The number of methoxy groups -OCH3 is 1. The van der Waals surface area contributed by atoms with Gasteiger partial charge in [-0.15, -0.1) is 0 Å². The van der Waals surface area contributed by atoms with Gasteiger partial charge in [0.05, 0.1) is 0 Å². The number of allylic oxidation sites excluding steroid dienone is 1. The molecular weight excluding hydrogens is 444 g/mol. The standard InChI is InChI=1S/C33H24O3/c1-21-28-24-17-9-11-19-26(24)33(35-2)27-20-12-10-18-25(27)29(30(36-21)22-13-5-3-6-14-22)32(28,33)31(34)23-15-7-4-8-16-23/h3-20H,1-2H3. The Kier molecular flexibility index (Phi) is 4.33. The van der Waals surface area contributed by atoms with Gasteiger partial charge in [-0.2, -0.15) is 0 Å². The summed E-state index contributed by atoms with van der Waals surface area (Å²) in [5, 5.41) is 0. The normalized spacial score (nSPS) is 23.2. The van der Waals surface area contributed by atoms with Gasteiger partial charge in [-0.05, 0) is 29.2 Å². The van der Waals surface area contributed by atoms with Crippen LogP contribution in [0.3, 0.4) is 0 Å². The number of rotatable bonds is 4. The fourth-order valence-electron chi connectivity index (χ4n) is 6.81. The summed E-state index contributed by atoms with van der Waals surface area (Å²) in [7, 11) is 1.73. The number of hydrogen-bond donors (Lipinski definition) is 0. The first-order chi connectivity index (χ1) is 17.7. The van der Waals surface area contributed by atoms with Crippen LogP contribution in [0.5, 0.6) is 0 Å². The number of fused-ring (bicyclic) bond motifs is 6. The molecule has 2 aliphatic carbocycles. The second-order valence-corrected chi connectivity index (χ2v) is 9.53. The van der Waals surface area contributed by atoms with Gasteiger partial charge in [0.2, 0.25) is 0 Å². The molecule has 3 heteroatoms. The zero-order chi connectivity index (χ0) is 24.5. The molecule has 3 nitrogen and oxygen atoms in total. The summed E-state index contributed by atoms with van der Waals surface area (Å²) in [4.78, 5) is 15.1. The first-order valence-corrected chi connectivity index (χ1v) is 12.2. The first kappa shape index (κ1) is 21.1. The molecule has 3 aliphatic rings. The quantitative estimate of drug-likeness (QED) is 0.300. The van der Waals surface area contributed by atoms with Crippen LogP contribution in [0.25, 0.3) is 16.9 Å². The molecule has 0 saturated heterocycles. The summed E-state index contributed by atoms with van der Waals surface area (Å²) in [5.74, 6) is 1.44. The Hall–Kier alpha value is -4.21. The third kappa shape index (κ3) is 2.29. The van der Waals surface area contributed by atoms with Crippen molar-refractivity contribution in [3.05, 3.63) is 148 Å². The van der Waals surface area contributed by atoms with Gasteiger partial charge < -0.3 is 9.47 Å². The lowest BCUT2D eigenvalue weighted by molar-refractivity contribution is -0.0165. The molecule has 0 bridgehead atoms. The minimum Gasteiger partial charge on any atom is -0.461 e. The van der Waals surface area contributed by atoms with Gasteiger partial charge in [-0.25, -0.2) is 0 Å². The van der Waals surface area contributed by atoms with Crippen LogP contribution in [-0.4, -0.2) is 12.9 Å². The molecule has 4 aromatic carbocycles. The van der Waals surface area contributed by atoms with Crippen molar-refractivity contribution in [3.8, 4) is 0 Å². The molecule has 1 heterocycles. The van der Waals surface area contributed by atoms with E-state index in [2.05, 4.69) is 24.3 Å². The van der Waals surface area contributed by atoms with E-state index in [1.165, 1.54) is 0 Å². The molecule has 0 amide bonds. The molecule has 36 heavy (non-hydrogen) atoms. The summed E-state index contributed by atoms with van der Waals surface area (Å²) in [6.45, 7) is 1.97. The Morgan fingerprint density at radius 3 is 1.83 bits per heavy atom. The van der Waals surface area contributed by atoms with Crippen molar-refractivity contribution in [1.82, 2.24) is 0 Å². The molecule has 4 aromatic rings. The summed E-state index contributed by atoms with van der Waals surface area (Å²) < 4.78 is 13.3. The lowest BCUT2D eigenvalue weighted by atomic mass is 9.62.